The lowest BCUT2D eigenvalue weighted by atomic mass is 10.3. The van der Waals surface area contributed by atoms with Crippen molar-refractivity contribution in [3.05, 3.63) is 53.2 Å². The fourth-order valence-electron chi connectivity index (χ4n) is 1.59. The van der Waals surface area contributed by atoms with Crippen molar-refractivity contribution in [3.63, 3.8) is 0 Å². The third-order valence-electron chi connectivity index (χ3n) is 2.65. The summed E-state index contributed by atoms with van der Waals surface area (Å²) in [7, 11) is -4.01. The molecule has 9 heteroatoms. The van der Waals surface area contributed by atoms with Gasteiger partial charge in [-0.25, -0.2) is 17.5 Å². The number of furan rings is 1. The molecule has 0 saturated carbocycles. The Balaban J connectivity index is 1.93. The molecule has 0 radical (unpaired) electrons. The fourth-order valence-corrected chi connectivity index (χ4v) is 3.10. The number of hydrogen-bond donors (Lipinski definition) is 2. The summed E-state index contributed by atoms with van der Waals surface area (Å²) in [6.45, 7) is -0.332. The van der Waals surface area contributed by atoms with Gasteiger partial charge in [-0.2, -0.15) is 0 Å². The summed E-state index contributed by atoms with van der Waals surface area (Å²) in [6.07, 6.45) is 1.46. The van der Waals surface area contributed by atoms with Crippen LogP contribution in [0.3, 0.4) is 0 Å². The van der Waals surface area contributed by atoms with Crippen molar-refractivity contribution in [1.29, 1.82) is 0 Å². The van der Waals surface area contributed by atoms with E-state index in [1.807, 2.05) is 0 Å². The molecule has 118 valence electrons. The van der Waals surface area contributed by atoms with Gasteiger partial charge in [-0.1, -0.05) is 11.6 Å². The average molecular weight is 347 g/mol. The monoisotopic (exact) mass is 346 g/mol. The zero-order valence-electron chi connectivity index (χ0n) is 11.2. The third kappa shape index (κ3) is 4.30. The maximum atomic E-state index is 12.9. The summed E-state index contributed by atoms with van der Waals surface area (Å²) in [5.74, 6) is -0.656. The second kappa shape index (κ2) is 6.91. The first-order chi connectivity index (χ1) is 10.4. The van der Waals surface area contributed by atoms with Gasteiger partial charge in [-0.3, -0.25) is 4.79 Å². The van der Waals surface area contributed by atoms with Gasteiger partial charge < -0.3 is 9.73 Å². The van der Waals surface area contributed by atoms with Crippen molar-refractivity contribution >= 4 is 27.5 Å². The molecule has 1 aromatic carbocycles. The zero-order chi connectivity index (χ0) is 16.2. The van der Waals surface area contributed by atoms with Gasteiger partial charge in [-0.15, -0.1) is 0 Å². The van der Waals surface area contributed by atoms with E-state index in [2.05, 4.69) is 10.0 Å². The normalized spacial score (nSPS) is 11.4. The largest absolute Gasteiger partial charge is 0.467 e. The maximum Gasteiger partial charge on any atom is 0.242 e. The number of rotatable bonds is 6. The molecule has 0 aliphatic heterocycles. The molecule has 0 spiro atoms. The van der Waals surface area contributed by atoms with E-state index in [1.165, 1.54) is 6.26 Å². The van der Waals surface area contributed by atoms with Crippen molar-refractivity contribution < 1.29 is 22.0 Å². The van der Waals surface area contributed by atoms with Crippen LogP contribution in [0.15, 0.2) is 45.9 Å². The average Bonchev–Trinajstić information content (AvgIpc) is 2.96. The van der Waals surface area contributed by atoms with E-state index in [1.54, 1.807) is 12.1 Å². The molecular weight excluding hydrogens is 335 g/mol. The molecule has 0 saturated heterocycles. The van der Waals surface area contributed by atoms with Crippen molar-refractivity contribution in [1.82, 2.24) is 10.0 Å². The molecule has 2 N–H and O–H groups in total. The number of nitrogens with one attached hydrogen (secondary N) is 2. The zero-order valence-corrected chi connectivity index (χ0v) is 12.7. The molecule has 0 unspecified atom stereocenters. The quantitative estimate of drug-likeness (QED) is 0.832. The molecule has 0 atom stereocenters. The van der Waals surface area contributed by atoms with Gasteiger partial charge in [0.15, 0.2) is 0 Å². The Bertz CT molecular complexity index is 762. The van der Waals surface area contributed by atoms with Crippen LogP contribution >= 0.6 is 11.6 Å². The van der Waals surface area contributed by atoms with Crippen LogP contribution in [0.1, 0.15) is 5.76 Å². The third-order valence-corrected chi connectivity index (χ3v) is 4.53. The number of benzene rings is 1. The van der Waals surface area contributed by atoms with Crippen LogP contribution in [0, 0.1) is 5.82 Å². The van der Waals surface area contributed by atoms with Crippen LogP contribution in [0.2, 0.25) is 5.02 Å². The predicted molar refractivity (Wildman–Crippen MR) is 77.2 cm³/mol. The minimum atomic E-state index is -4.01. The van der Waals surface area contributed by atoms with Crippen molar-refractivity contribution in [2.24, 2.45) is 0 Å². The summed E-state index contributed by atoms with van der Waals surface area (Å²) >= 11 is 5.69. The molecule has 1 heterocycles. The molecule has 0 aliphatic rings. The Kier molecular flexibility index (Phi) is 5.17. The summed E-state index contributed by atoms with van der Waals surface area (Å²) in [5.41, 5.74) is 0. The van der Waals surface area contributed by atoms with Crippen LogP contribution in [0.5, 0.6) is 0 Å². The SMILES string of the molecule is O=C(CNS(=O)(=O)c1ccc(F)cc1Cl)NCc1ccco1. The van der Waals surface area contributed by atoms with Crippen molar-refractivity contribution in [2.75, 3.05) is 6.54 Å². The highest BCUT2D eigenvalue weighted by molar-refractivity contribution is 7.89. The van der Waals surface area contributed by atoms with Gasteiger partial charge in [-0.05, 0) is 30.3 Å². The topological polar surface area (TPSA) is 88.4 Å². The van der Waals surface area contributed by atoms with Crippen molar-refractivity contribution in [3.8, 4) is 0 Å². The Morgan fingerprint density at radius 2 is 2.09 bits per heavy atom. The molecule has 0 aliphatic carbocycles. The second-order valence-corrected chi connectivity index (χ2v) is 6.40. The highest BCUT2D eigenvalue weighted by Gasteiger charge is 2.19. The first-order valence-electron chi connectivity index (χ1n) is 6.12. The van der Waals surface area contributed by atoms with E-state index in [0.717, 1.165) is 18.2 Å². The van der Waals surface area contributed by atoms with Crippen LogP contribution in [0.4, 0.5) is 4.39 Å². The Morgan fingerprint density at radius 1 is 1.32 bits per heavy atom. The Labute approximate surface area is 131 Å². The van der Waals surface area contributed by atoms with E-state index in [4.69, 9.17) is 16.0 Å². The molecule has 2 rings (SSSR count). The minimum absolute atomic E-state index is 0.144. The Morgan fingerprint density at radius 3 is 2.73 bits per heavy atom. The summed E-state index contributed by atoms with van der Waals surface area (Å²) in [6, 6.07) is 6.22. The van der Waals surface area contributed by atoms with Crippen molar-refractivity contribution in [2.45, 2.75) is 11.4 Å². The van der Waals surface area contributed by atoms with Gasteiger partial charge in [0, 0.05) is 0 Å². The van der Waals surface area contributed by atoms with Gasteiger partial charge in [0.2, 0.25) is 15.9 Å². The first-order valence-corrected chi connectivity index (χ1v) is 7.98. The van der Waals surface area contributed by atoms with Gasteiger partial charge >= 0.3 is 0 Å². The van der Waals surface area contributed by atoms with Gasteiger partial charge in [0.05, 0.1) is 24.4 Å². The molecule has 22 heavy (non-hydrogen) atoms. The molecule has 1 aromatic heterocycles. The maximum absolute atomic E-state index is 12.9. The molecule has 1 amide bonds. The highest BCUT2D eigenvalue weighted by atomic mass is 35.5. The van der Waals surface area contributed by atoms with Crippen LogP contribution in [-0.4, -0.2) is 20.9 Å². The predicted octanol–water partition coefficient (Wildman–Crippen LogP) is 1.67. The molecular formula is C13H12ClFN2O4S. The number of hydrogen-bond acceptors (Lipinski definition) is 4. The number of sulfonamides is 1. The number of carbonyl (C=O) groups is 1. The second-order valence-electron chi connectivity index (χ2n) is 4.26. The van der Waals surface area contributed by atoms with E-state index in [0.29, 0.717) is 5.76 Å². The molecule has 6 nitrogen and oxygen atoms in total. The number of halogens is 2. The summed E-state index contributed by atoms with van der Waals surface area (Å²) in [4.78, 5) is 11.3. The lowest BCUT2D eigenvalue weighted by Crippen LogP contribution is -2.36. The van der Waals surface area contributed by atoms with E-state index in [9.17, 15) is 17.6 Å². The smallest absolute Gasteiger partial charge is 0.242 e. The van der Waals surface area contributed by atoms with Gasteiger partial charge in [0.1, 0.15) is 16.5 Å². The minimum Gasteiger partial charge on any atom is -0.467 e. The summed E-state index contributed by atoms with van der Waals surface area (Å²) < 4.78 is 44.0. The Hall–Kier alpha value is -1.90. The fraction of sp³-hybridized carbons (Fsp3) is 0.154. The van der Waals surface area contributed by atoms with E-state index in [-0.39, 0.29) is 16.5 Å². The van der Waals surface area contributed by atoms with Crippen LogP contribution in [-0.2, 0) is 21.4 Å². The molecule has 0 fully saturated rings. The summed E-state index contributed by atoms with van der Waals surface area (Å²) in [5, 5.41) is 2.22. The molecule has 2 aromatic rings. The highest BCUT2D eigenvalue weighted by Crippen LogP contribution is 2.21. The number of carbonyl (C=O) groups excluding carboxylic acids is 1. The lowest BCUT2D eigenvalue weighted by molar-refractivity contribution is -0.120. The standard InChI is InChI=1S/C13H12ClFN2O4S/c14-11-6-9(15)3-4-12(11)22(19,20)17-8-13(18)16-7-10-2-1-5-21-10/h1-6,17H,7-8H2,(H,16,18). The van der Waals surface area contributed by atoms with Crippen LogP contribution in [0.25, 0.3) is 0 Å². The van der Waals surface area contributed by atoms with E-state index >= 15 is 0 Å². The van der Waals surface area contributed by atoms with Crippen LogP contribution < -0.4 is 10.0 Å². The van der Waals surface area contributed by atoms with Gasteiger partial charge in [0.25, 0.3) is 0 Å². The lowest BCUT2D eigenvalue weighted by Gasteiger charge is -2.08. The molecule has 0 bridgehead atoms. The number of amides is 1. The first kappa shape index (κ1) is 16.5. The van der Waals surface area contributed by atoms with E-state index < -0.39 is 28.3 Å².